The van der Waals surface area contributed by atoms with Gasteiger partial charge in [0.15, 0.2) is 39.6 Å². The predicted molar refractivity (Wildman–Crippen MR) is 314 cm³/mol. The first-order valence-corrected chi connectivity index (χ1v) is 35.6. The molecule has 0 aliphatic heterocycles. The summed E-state index contributed by atoms with van der Waals surface area (Å²) < 4.78 is 48.0. The van der Waals surface area contributed by atoms with Gasteiger partial charge in [0.05, 0.1) is 14.2 Å². The van der Waals surface area contributed by atoms with Crippen molar-refractivity contribution >= 4 is 37.5 Å². The van der Waals surface area contributed by atoms with Gasteiger partial charge in [-0.25, -0.2) is 9.59 Å². The van der Waals surface area contributed by atoms with Crippen LogP contribution in [-0.4, -0.2) is 51.7 Å². The summed E-state index contributed by atoms with van der Waals surface area (Å²) in [6.07, 6.45) is 1.85. The van der Waals surface area contributed by atoms with Crippen LogP contribution in [0.3, 0.4) is 0 Å². The summed E-state index contributed by atoms with van der Waals surface area (Å²) in [4.78, 5) is 26.1. The van der Waals surface area contributed by atoms with Gasteiger partial charge in [0.2, 0.25) is 0 Å². The molecule has 0 aliphatic rings. The van der Waals surface area contributed by atoms with Gasteiger partial charge in [-0.3, -0.25) is 0 Å². The van der Waals surface area contributed by atoms with Crippen LogP contribution in [0.4, 0.5) is 9.59 Å². The van der Waals surface area contributed by atoms with Crippen molar-refractivity contribution in [3.63, 3.8) is 0 Å². The second-order valence-electron chi connectivity index (χ2n) is 23.1. The molecule has 0 radical (unpaired) electrons. The van der Waals surface area contributed by atoms with Gasteiger partial charge in [-0.2, -0.15) is 0 Å². The zero-order chi connectivity index (χ0) is 55.8. The number of carbonyl (C=O) groups excluding carboxylic acids is 2. The lowest BCUT2D eigenvalue weighted by Gasteiger charge is -2.39. The minimum atomic E-state index is -2.47. The third kappa shape index (κ3) is 15.8. The number of hydrogen-bond donors (Lipinski definition) is 0. The highest BCUT2D eigenvalue weighted by atomic mass is 28.5. The zero-order valence-corrected chi connectivity index (χ0v) is 51.3. The Labute approximate surface area is 456 Å². The average molecular weight is 1080 g/mol. The van der Waals surface area contributed by atoms with E-state index in [0.717, 1.165) is 71.2 Å². The maximum atomic E-state index is 13.1. The van der Waals surface area contributed by atoms with Crippen LogP contribution in [0.1, 0.15) is 102 Å². The number of ether oxygens (including phenoxy) is 6. The van der Waals surface area contributed by atoms with Crippen LogP contribution in [0.2, 0.25) is 51.4 Å². The predicted octanol–water partition coefficient (Wildman–Crippen LogP) is 16.8. The molecule has 0 N–H and O–H groups in total. The minimum Gasteiger partial charge on any atom is -0.493 e. The monoisotopic (exact) mass is 1080 g/mol. The molecule has 6 aromatic rings. The smallest absolute Gasteiger partial charge is 0.493 e. The van der Waals surface area contributed by atoms with Crippen molar-refractivity contribution in [2.45, 2.75) is 150 Å². The molecule has 406 valence electrons. The maximum Gasteiger partial charge on any atom is 0.519 e. The first-order valence-electron chi connectivity index (χ1n) is 26.5. The number of hydrogen-bond acceptors (Lipinski definition) is 10. The highest BCUT2D eigenvalue weighted by Crippen LogP contribution is 2.38. The summed E-state index contributed by atoms with van der Waals surface area (Å²) in [6, 6.07) is 40.1. The van der Waals surface area contributed by atoms with Crippen molar-refractivity contribution in [1.29, 1.82) is 0 Å². The van der Waals surface area contributed by atoms with Crippen LogP contribution in [-0.2, 0) is 31.9 Å². The molecule has 0 fully saturated rings. The number of aryl methyl sites for hydroxylation is 7. The number of methoxy groups -OCH3 is 2. The SMILES string of the molecule is COc1cc(CCC[Si](C)(C)O[Si](C)(C)O[Si](C)(C)CCCc2ccc(OC(=O)Oc3ccc(C(C)(C)c4ccc(C)c(C)c4)cc3C)c(OC)c2)ccc1OC(=O)Oc1ccc(C(C)(C)c2cccc(C)c2)cc1C. The Morgan fingerprint density at radius 3 is 1.20 bits per heavy atom. The minimum absolute atomic E-state index is 0.228. The molecule has 0 saturated carbocycles. The molecule has 0 saturated heterocycles. The number of carbonyl (C=O) groups is 2. The van der Waals surface area contributed by atoms with Crippen LogP contribution in [0.25, 0.3) is 0 Å². The molecule has 0 spiro atoms. The van der Waals surface area contributed by atoms with Gasteiger partial charge >= 0.3 is 20.9 Å². The lowest BCUT2D eigenvalue weighted by atomic mass is 9.77. The van der Waals surface area contributed by atoms with E-state index in [0.29, 0.717) is 34.5 Å². The van der Waals surface area contributed by atoms with E-state index in [-0.39, 0.29) is 10.8 Å². The fraction of sp³-hybridized carbons (Fsp3) is 0.397. The molecule has 0 amide bonds. The van der Waals surface area contributed by atoms with Gasteiger partial charge in [0, 0.05) is 10.8 Å². The Morgan fingerprint density at radius 1 is 0.421 bits per heavy atom. The first kappa shape index (κ1) is 59.3. The lowest BCUT2D eigenvalue weighted by Crippen LogP contribution is -2.52. The van der Waals surface area contributed by atoms with Crippen molar-refractivity contribution < 1.29 is 46.2 Å². The van der Waals surface area contributed by atoms with E-state index in [1.807, 2.05) is 62.4 Å². The second-order valence-corrected chi connectivity index (χ2v) is 35.6. The molecule has 0 unspecified atom stereocenters. The molecule has 0 atom stereocenters. The summed E-state index contributed by atoms with van der Waals surface area (Å²) in [5.41, 5.74) is 11.8. The molecular formula is C63H82O10Si3. The number of rotatable bonds is 22. The standard InChI is InChI=1S/C63H82O10Si3/c1-43-21-18-24-50(37-43)62(6,7)52-29-33-54(46(4)39-52)68-60(64)70-56-31-26-48(41-58(56)66-10)22-19-35-74(12,13)72-76(16,17)73-75(14,15)36-20-23-49-27-32-57(59(42-49)67-11)71-61(65)69-55-34-30-53(40-47(55)5)63(8,9)51-28-25-44(2)45(3)38-51/h18,21,24-34,37-42H,19-20,22-23,35-36H2,1-17H3. The van der Waals surface area contributed by atoms with E-state index in [9.17, 15) is 9.59 Å². The quantitative estimate of drug-likeness (QED) is 0.0370. The largest absolute Gasteiger partial charge is 0.519 e. The Bertz CT molecular complexity index is 3010. The average Bonchev–Trinajstić information content (AvgIpc) is 3.33. The van der Waals surface area contributed by atoms with Crippen molar-refractivity contribution in [1.82, 2.24) is 0 Å². The van der Waals surface area contributed by atoms with Crippen LogP contribution in [0.15, 0.2) is 115 Å². The number of benzene rings is 6. The Hall–Kier alpha value is -5.97. The molecule has 10 nitrogen and oxygen atoms in total. The summed E-state index contributed by atoms with van der Waals surface area (Å²) in [5, 5.41) is 0. The summed E-state index contributed by atoms with van der Waals surface area (Å²) in [7, 11) is -3.53. The third-order valence-electron chi connectivity index (χ3n) is 14.5. The van der Waals surface area contributed by atoms with Gasteiger partial charge < -0.3 is 36.7 Å². The lowest BCUT2D eigenvalue weighted by molar-refractivity contribution is 0.148. The fourth-order valence-electron chi connectivity index (χ4n) is 10.00. The summed E-state index contributed by atoms with van der Waals surface area (Å²) in [6.45, 7) is 32.5. The van der Waals surface area contributed by atoms with E-state index in [2.05, 4.69) is 142 Å². The van der Waals surface area contributed by atoms with Gasteiger partial charge in [0.25, 0.3) is 0 Å². The fourth-order valence-corrected chi connectivity index (χ4v) is 24.1. The van der Waals surface area contributed by atoms with Crippen molar-refractivity contribution in [2.75, 3.05) is 14.2 Å². The normalized spacial score (nSPS) is 12.3. The van der Waals surface area contributed by atoms with E-state index in [1.54, 1.807) is 26.4 Å². The molecular weight excluding hydrogens is 1000 g/mol. The second kappa shape index (κ2) is 24.6. The molecule has 0 heterocycles. The van der Waals surface area contributed by atoms with Crippen LogP contribution in [0, 0.1) is 34.6 Å². The van der Waals surface area contributed by atoms with E-state index < -0.39 is 37.5 Å². The van der Waals surface area contributed by atoms with Gasteiger partial charge in [0.1, 0.15) is 11.5 Å². The molecule has 0 aliphatic carbocycles. The van der Waals surface area contributed by atoms with Gasteiger partial charge in [-0.15, -0.1) is 0 Å². The summed E-state index contributed by atoms with van der Waals surface area (Å²) >= 11 is 0. The van der Waals surface area contributed by atoms with Crippen LogP contribution >= 0.6 is 0 Å². The van der Waals surface area contributed by atoms with Crippen LogP contribution in [0.5, 0.6) is 34.5 Å². The Balaban J connectivity index is 0.940. The molecule has 0 bridgehead atoms. The van der Waals surface area contributed by atoms with Crippen molar-refractivity contribution in [3.8, 4) is 34.5 Å². The Kier molecular flexibility index (Phi) is 19.2. The highest BCUT2D eigenvalue weighted by Gasteiger charge is 2.39. The molecule has 13 heteroatoms. The molecule has 6 rings (SSSR count). The highest BCUT2D eigenvalue weighted by molar-refractivity contribution is 6.87. The topological polar surface area (TPSA) is 108 Å². The maximum absolute atomic E-state index is 13.1. The van der Waals surface area contributed by atoms with E-state index >= 15 is 0 Å². The molecule has 6 aromatic carbocycles. The molecule has 0 aromatic heterocycles. The Morgan fingerprint density at radius 2 is 0.803 bits per heavy atom. The van der Waals surface area contributed by atoms with Crippen molar-refractivity contribution in [2.24, 2.45) is 0 Å². The van der Waals surface area contributed by atoms with Gasteiger partial charge in [-0.05, 0) is 204 Å². The van der Waals surface area contributed by atoms with Crippen molar-refractivity contribution in [3.05, 3.63) is 176 Å². The van der Waals surface area contributed by atoms with Crippen LogP contribution < -0.4 is 28.4 Å². The van der Waals surface area contributed by atoms with E-state index in [1.165, 1.54) is 27.8 Å². The van der Waals surface area contributed by atoms with E-state index in [4.69, 9.17) is 36.7 Å². The molecule has 76 heavy (non-hydrogen) atoms. The first-order chi connectivity index (χ1) is 35.6. The zero-order valence-electron chi connectivity index (χ0n) is 48.3. The third-order valence-corrected chi connectivity index (χ3v) is 26.0. The van der Waals surface area contributed by atoms with Gasteiger partial charge in [-0.1, -0.05) is 112 Å². The summed E-state index contributed by atoms with van der Waals surface area (Å²) in [5.74, 6) is 2.41.